The molecule has 2 atom stereocenters. The first-order valence-electron chi connectivity index (χ1n) is 7.67. The van der Waals surface area contributed by atoms with Crippen molar-refractivity contribution in [3.8, 4) is 0 Å². The number of nitrogens with one attached hydrogen (secondary N) is 1. The van der Waals surface area contributed by atoms with Gasteiger partial charge in [0.1, 0.15) is 0 Å². The summed E-state index contributed by atoms with van der Waals surface area (Å²) in [6, 6.07) is 8.22. The fourth-order valence-electron chi connectivity index (χ4n) is 3.17. The van der Waals surface area contributed by atoms with Crippen molar-refractivity contribution in [3.05, 3.63) is 34.9 Å². The van der Waals surface area contributed by atoms with Crippen LogP contribution >= 0.6 is 0 Å². The Labute approximate surface area is 117 Å². The van der Waals surface area contributed by atoms with Gasteiger partial charge in [0, 0.05) is 31.7 Å². The van der Waals surface area contributed by atoms with Crippen molar-refractivity contribution in [3.63, 3.8) is 0 Å². The van der Waals surface area contributed by atoms with E-state index in [0.717, 1.165) is 25.0 Å². The normalized spacial score (nSPS) is 28.6. The minimum atomic E-state index is 0.648. The second-order valence-electron chi connectivity index (χ2n) is 6.56. The Balaban J connectivity index is 1.71. The van der Waals surface area contributed by atoms with E-state index in [2.05, 4.69) is 49.2 Å². The summed E-state index contributed by atoms with van der Waals surface area (Å²) in [7, 11) is 0. The van der Waals surface area contributed by atoms with Crippen molar-refractivity contribution in [2.24, 2.45) is 5.92 Å². The number of hydrogen-bond donors (Lipinski definition) is 1. The predicted octanol–water partition coefficient (Wildman–Crippen LogP) is 2.88. The van der Waals surface area contributed by atoms with E-state index in [4.69, 9.17) is 0 Å². The van der Waals surface area contributed by atoms with E-state index in [0.29, 0.717) is 6.04 Å². The molecule has 0 radical (unpaired) electrons. The topological polar surface area (TPSA) is 15.3 Å². The second kappa shape index (κ2) is 5.26. The molecule has 0 amide bonds. The molecular weight excluding hydrogens is 232 g/mol. The van der Waals surface area contributed by atoms with E-state index in [9.17, 15) is 0 Å². The number of rotatable bonds is 3. The highest BCUT2D eigenvalue weighted by Gasteiger charge is 2.35. The van der Waals surface area contributed by atoms with Crippen LogP contribution in [0.2, 0.25) is 0 Å². The van der Waals surface area contributed by atoms with Gasteiger partial charge in [-0.1, -0.05) is 23.8 Å². The first-order valence-corrected chi connectivity index (χ1v) is 7.67. The Hall–Kier alpha value is -0.860. The summed E-state index contributed by atoms with van der Waals surface area (Å²) in [4.78, 5) is 2.67. The van der Waals surface area contributed by atoms with Gasteiger partial charge in [-0.2, -0.15) is 0 Å². The minimum Gasteiger partial charge on any atom is -0.311 e. The molecule has 1 aliphatic carbocycles. The molecule has 1 saturated heterocycles. The number of benzene rings is 1. The van der Waals surface area contributed by atoms with Crippen LogP contribution in [0.5, 0.6) is 0 Å². The fourth-order valence-corrected chi connectivity index (χ4v) is 3.17. The van der Waals surface area contributed by atoms with Crippen molar-refractivity contribution in [2.45, 2.75) is 52.2 Å². The lowest BCUT2D eigenvalue weighted by atomic mass is 10.0. The molecule has 104 valence electrons. The van der Waals surface area contributed by atoms with Gasteiger partial charge in [-0.15, -0.1) is 0 Å². The fraction of sp³-hybridized carbons (Fsp3) is 0.647. The van der Waals surface area contributed by atoms with Gasteiger partial charge in [0.25, 0.3) is 0 Å². The summed E-state index contributed by atoms with van der Waals surface area (Å²) in [6.07, 6.45) is 2.87. The Morgan fingerprint density at radius 3 is 2.79 bits per heavy atom. The lowest BCUT2D eigenvalue weighted by Crippen LogP contribution is -2.55. The molecule has 1 aromatic rings. The van der Waals surface area contributed by atoms with E-state index >= 15 is 0 Å². The van der Waals surface area contributed by atoms with Gasteiger partial charge in [0.15, 0.2) is 0 Å². The van der Waals surface area contributed by atoms with Gasteiger partial charge in [-0.05, 0) is 50.7 Å². The quantitative estimate of drug-likeness (QED) is 0.897. The molecule has 0 aromatic heterocycles. The highest BCUT2D eigenvalue weighted by molar-refractivity contribution is 5.30. The van der Waals surface area contributed by atoms with Crippen LogP contribution in [0, 0.1) is 19.8 Å². The Morgan fingerprint density at radius 2 is 2.05 bits per heavy atom. The predicted molar refractivity (Wildman–Crippen MR) is 80.3 cm³/mol. The van der Waals surface area contributed by atoms with Crippen LogP contribution in [0.25, 0.3) is 0 Å². The summed E-state index contributed by atoms with van der Waals surface area (Å²) in [5.41, 5.74) is 4.31. The molecule has 3 rings (SSSR count). The second-order valence-corrected chi connectivity index (χ2v) is 6.56. The van der Waals surface area contributed by atoms with E-state index in [1.807, 2.05) is 0 Å². The molecule has 19 heavy (non-hydrogen) atoms. The van der Waals surface area contributed by atoms with E-state index in [-0.39, 0.29) is 0 Å². The molecule has 2 heteroatoms. The van der Waals surface area contributed by atoms with Crippen LogP contribution in [0.3, 0.4) is 0 Å². The van der Waals surface area contributed by atoms with E-state index in [1.165, 1.54) is 36.1 Å². The standard InChI is InChI=1S/C17H26N2/c1-12-4-5-13(2)16(8-12)10-19-11-17(15-6-7-15)18-9-14(19)3/h4-5,8,14-15,17-18H,6-7,9-11H2,1-3H3. The van der Waals surface area contributed by atoms with Crippen molar-refractivity contribution in [2.75, 3.05) is 13.1 Å². The third-order valence-corrected chi connectivity index (χ3v) is 4.80. The van der Waals surface area contributed by atoms with E-state index < -0.39 is 0 Å². The molecule has 0 spiro atoms. The number of aryl methyl sites for hydroxylation is 2. The molecule has 2 unspecified atom stereocenters. The largest absolute Gasteiger partial charge is 0.311 e. The molecule has 1 saturated carbocycles. The van der Waals surface area contributed by atoms with Gasteiger partial charge in [0.2, 0.25) is 0 Å². The van der Waals surface area contributed by atoms with E-state index in [1.54, 1.807) is 0 Å². The summed E-state index contributed by atoms with van der Waals surface area (Å²) >= 11 is 0. The van der Waals surface area contributed by atoms with Crippen LogP contribution in [-0.2, 0) is 6.54 Å². The van der Waals surface area contributed by atoms with Crippen molar-refractivity contribution >= 4 is 0 Å². The van der Waals surface area contributed by atoms with Crippen LogP contribution in [0.1, 0.15) is 36.5 Å². The lowest BCUT2D eigenvalue weighted by Gasteiger charge is -2.39. The molecule has 1 aromatic carbocycles. The Kier molecular flexibility index (Phi) is 3.64. The summed E-state index contributed by atoms with van der Waals surface area (Å²) in [5.74, 6) is 0.952. The third kappa shape index (κ3) is 3.01. The number of piperazine rings is 1. The highest BCUT2D eigenvalue weighted by Crippen LogP contribution is 2.34. The van der Waals surface area contributed by atoms with Gasteiger partial charge in [-0.3, -0.25) is 4.90 Å². The molecular formula is C17H26N2. The van der Waals surface area contributed by atoms with Gasteiger partial charge in [0.05, 0.1) is 0 Å². The third-order valence-electron chi connectivity index (χ3n) is 4.80. The molecule has 1 heterocycles. The smallest absolute Gasteiger partial charge is 0.0240 e. The molecule has 1 N–H and O–H groups in total. The maximum atomic E-state index is 3.73. The van der Waals surface area contributed by atoms with Crippen molar-refractivity contribution in [1.82, 2.24) is 10.2 Å². The molecule has 2 nitrogen and oxygen atoms in total. The minimum absolute atomic E-state index is 0.648. The summed E-state index contributed by atoms with van der Waals surface area (Å²) in [6.45, 7) is 10.3. The van der Waals surface area contributed by atoms with Gasteiger partial charge >= 0.3 is 0 Å². The molecule has 2 fully saturated rings. The average molecular weight is 258 g/mol. The van der Waals surface area contributed by atoms with Crippen molar-refractivity contribution in [1.29, 1.82) is 0 Å². The zero-order valence-electron chi connectivity index (χ0n) is 12.4. The van der Waals surface area contributed by atoms with Gasteiger partial charge in [-0.25, -0.2) is 0 Å². The Bertz CT molecular complexity index is 451. The summed E-state index contributed by atoms with van der Waals surface area (Å²) in [5, 5.41) is 3.73. The highest BCUT2D eigenvalue weighted by atomic mass is 15.2. The first kappa shape index (κ1) is 13.1. The zero-order valence-corrected chi connectivity index (χ0v) is 12.4. The van der Waals surface area contributed by atoms with Gasteiger partial charge < -0.3 is 5.32 Å². The molecule has 1 aliphatic heterocycles. The monoisotopic (exact) mass is 258 g/mol. The molecule has 2 aliphatic rings. The number of nitrogens with zero attached hydrogens (tertiary/aromatic N) is 1. The first-order chi connectivity index (χ1) is 9.13. The SMILES string of the molecule is Cc1ccc(C)c(CN2CC(C3CC3)NCC2C)c1. The van der Waals surface area contributed by atoms with Crippen molar-refractivity contribution < 1.29 is 0 Å². The number of hydrogen-bond acceptors (Lipinski definition) is 2. The van der Waals surface area contributed by atoms with Crippen LogP contribution in [0.15, 0.2) is 18.2 Å². The molecule has 0 bridgehead atoms. The Morgan fingerprint density at radius 1 is 1.26 bits per heavy atom. The summed E-state index contributed by atoms with van der Waals surface area (Å²) < 4.78 is 0. The average Bonchev–Trinajstić information content (AvgIpc) is 3.21. The zero-order chi connectivity index (χ0) is 13.4. The lowest BCUT2D eigenvalue weighted by molar-refractivity contribution is 0.125. The van der Waals surface area contributed by atoms with Crippen LogP contribution in [0.4, 0.5) is 0 Å². The maximum Gasteiger partial charge on any atom is 0.0240 e. The van der Waals surface area contributed by atoms with Crippen LogP contribution in [-0.4, -0.2) is 30.1 Å². The maximum absolute atomic E-state index is 3.73. The van der Waals surface area contributed by atoms with Crippen LogP contribution < -0.4 is 5.32 Å².